The molecule has 5 nitrogen and oxygen atoms in total. The highest BCUT2D eigenvalue weighted by molar-refractivity contribution is 5.81. The Balaban J connectivity index is 1.82. The Morgan fingerprint density at radius 3 is 2.65 bits per heavy atom. The SMILES string of the molecule is NC(=O)CC(O)c1cccc2[nH]c(CCc3ccccc3)nc12. The van der Waals surface area contributed by atoms with Crippen LogP contribution in [0, 0.1) is 0 Å². The molecule has 0 bridgehead atoms. The summed E-state index contributed by atoms with van der Waals surface area (Å²) in [6.07, 6.45) is 0.635. The Morgan fingerprint density at radius 1 is 1.13 bits per heavy atom. The number of nitrogens with zero attached hydrogens (tertiary/aromatic N) is 1. The van der Waals surface area contributed by atoms with Gasteiger partial charge >= 0.3 is 0 Å². The number of aryl methyl sites for hydroxylation is 2. The number of amides is 1. The van der Waals surface area contributed by atoms with Crippen LogP contribution in [-0.4, -0.2) is 21.0 Å². The number of primary amides is 1. The third-order valence-corrected chi connectivity index (χ3v) is 3.84. The number of nitrogens with one attached hydrogen (secondary N) is 1. The van der Waals surface area contributed by atoms with Crippen LogP contribution in [0.4, 0.5) is 0 Å². The van der Waals surface area contributed by atoms with E-state index in [0.717, 1.165) is 24.2 Å². The van der Waals surface area contributed by atoms with Crippen LogP contribution in [0.15, 0.2) is 48.5 Å². The highest BCUT2D eigenvalue weighted by Gasteiger charge is 2.16. The molecule has 0 aliphatic heterocycles. The zero-order valence-electron chi connectivity index (χ0n) is 12.7. The molecule has 23 heavy (non-hydrogen) atoms. The minimum Gasteiger partial charge on any atom is -0.388 e. The van der Waals surface area contributed by atoms with Gasteiger partial charge < -0.3 is 15.8 Å². The number of nitrogens with two attached hydrogens (primary N) is 1. The van der Waals surface area contributed by atoms with Gasteiger partial charge in [0.1, 0.15) is 5.82 Å². The van der Waals surface area contributed by atoms with Gasteiger partial charge in [-0.15, -0.1) is 0 Å². The average molecular weight is 309 g/mol. The maximum atomic E-state index is 11.0. The minimum absolute atomic E-state index is 0.106. The molecular weight excluding hydrogens is 290 g/mol. The molecule has 1 atom stereocenters. The Morgan fingerprint density at radius 2 is 1.91 bits per heavy atom. The zero-order valence-corrected chi connectivity index (χ0v) is 12.7. The molecular formula is C18H19N3O2. The van der Waals surface area contributed by atoms with E-state index in [-0.39, 0.29) is 6.42 Å². The van der Waals surface area contributed by atoms with Crippen LogP contribution in [-0.2, 0) is 17.6 Å². The van der Waals surface area contributed by atoms with Crippen molar-refractivity contribution >= 4 is 16.9 Å². The molecule has 4 N–H and O–H groups in total. The summed E-state index contributed by atoms with van der Waals surface area (Å²) in [5, 5.41) is 10.2. The van der Waals surface area contributed by atoms with Crippen molar-refractivity contribution in [2.45, 2.75) is 25.4 Å². The molecule has 3 rings (SSSR count). The van der Waals surface area contributed by atoms with Gasteiger partial charge in [-0.3, -0.25) is 4.79 Å². The highest BCUT2D eigenvalue weighted by atomic mass is 16.3. The van der Waals surface area contributed by atoms with E-state index >= 15 is 0 Å². The Kier molecular flexibility index (Phi) is 4.39. The number of carbonyl (C=O) groups is 1. The third kappa shape index (κ3) is 3.57. The molecule has 0 spiro atoms. The zero-order chi connectivity index (χ0) is 16.2. The lowest BCUT2D eigenvalue weighted by Gasteiger charge is -2.08. The van der Waals surface area contributed by atoms with Gasteiger partial charge in [0, 0.05) is 12.0 Å². The van der Waals surface area contributed by atoms with Crippen molar-refractivity contribution in [2.75, 3.05) is 0 Å². The van der Waals surface area contributed by atoms with Crippen LogP contribution < -0.4 is 5.73 Å². The molecule has 0 saturated carbocycles. The summed E-state index contributed by atoms with van der Waals surface area (Å²) >= 11 is 0. The standard InChI is InChI=1S/C18H19N3O2/c19-16(23)11-15(22)13-7-4-8-14-18(13)21-17(20-14)10-9-12-5-2-1-3-6-12/h1-8,15,22H,9-11H2,(H2,19,23)(H,20,21). The molecule has 2 aromatic carbocycles. The molecule has 0 fully saturated rings. The fourth-order valence-electron chi connectivity index (χ4n) is 2.70. The summed E-state index contributed by atoms with van der Waals surface area (Å²) < 4.78 is 0. The molecule has 1 unspecified atom stereocenters. The van der Waals surface area contributed by atoms with Crippen molar-refractivity contribution in [2.24, 2.45) is 5.73 Å². The van der Waals surface area contributed by atoms with Crippen LogP contribution in [0.3, 0.4) is 0 Å². The molecule has 3 aromatic rings. The summed E-state index contributed by atoms with van der Waals surface area (Å²) in [6.45, 7) is 0. The Labute approximate surface area is 134 Å². The fraction of sp³-hybridized carbons (Fsp3) is 0.222. The largest absolute Gasteiger partial charge is 0.388 e. The maximum Gasteiger partial charge on any atom is 0.220 e. The molecule has 0 aliphatic carbocycles. The molecule has 5 heteroatoms. The summed E-state index contributed by atoms with van der Waals surface area (Å²) in [6, 6.07) is 15.7. The number of imidazole rings is 1. The predicted octanol–water partition coefficient (Wildman–Crippen LogP) is 2.26. The van der Waals surface area contributed by atoms with E-state index in [1.165, 1.54) is 5.56 Å². The normalized spacial score (nSPS) is 12.4. The Hall–Kier alpha value is -2.66. The second-order valence-electron chi connectivity index (χ2n) is 5.60. The van der Waals surface area contributed by atoms with Crippen molar-refractivity contribution in [3.05, 3.63) is 65.5 Å². The first-order chi connectivity index (χ1) is 11.1. The lowest BCUT2D eigenvalue weighted by Crippen LogP contribution is -2.15. The van der Waals surface area contributed by atoms with Crippen molar-refractivity contribution in [1.82, 2.24) is 9.97 Å². The third-order valence-electron chi connectivity index (χ3n) is 3.84. The molecule has 1 aromatic heterocycles. The molecule has 0 aliphatic rings. The van der Waals surface area contributed by atoms with E-state index in [1.807, 2.05) is 30.3 Å². The number of hydrogen-bond acceptors (Lipinski definition) is 3. The number of para-hydroxylation sites is 1. The monoisotopic (exact) mass is 309 g/mol. The number of aromatic amines is 1. The lowest BCUT2D eigenvalue weighted by atomic mass is 10.0. The topological polar surface area (TPSA) is 92.0 Å². The number of fused-ring (bicyclic) bond motifs is 1. The van der Waals surface area contributed by atoms with Gasteiger partial charge in [-0.05, 0) is 18.1 Å². The van der Waals surface area contributed by atoms with Gasteiger partial charge in [-0.25, -0.2) is 4.98 Å². The number of benzene rings is 2. The summed E-state index contributed by atoms with van der Waals surface area (Å²) in [7, 11) is 0. The molecule has 0 radical (unpaired) electrons. The van der Waals surface area contributed by atoms with Gasteiger partial charge in [0.05, 0.1) is 23.6 Å². The molecule has 118 valence electrons. The van der Waals surface area contributed by atoms with Gasteiger partial charge in [0.2, 0.25) is 5.91 Å². The number of aliphatic hydroxyl groups excluding tert-OH is 1. The number of H-pyrrole nitrogens is 1. The van der Waals surface area contributed by atoms with Gasteiger partial charge in [0.25, 0.3) is 0 Å². The number of aromatic nitrogens is 2. The minimum atomic E-state index is -0.929. The molecule has 0 saturated heterocycles. The maximum absolute atomic E-state index is 11.0. The van der Waals surface area contributed by atoms with Crippen molar-refractivity contribution in [1.29, 1.82) is 0 Å². The van der Waals surface area contributed by atoms with Crippen LogP contribution in [0.2, 0.25) is 0 Å². The van der Waals surface area contributed by atoms with E-state index in [2.05, 4.69) is 22.1 Å². The van der Waals surface area contributed by atoms with Crippen LogP contribution >= 0.6 is 0 Å². The first-order valence-electron chi connectivity index (χ1n) is 7.61. The first-order valence-corrected chi connectivity index (χ1v) is 7.61. The van der Waals surface area contributed by atoms with Crippen LogP contribution in [0.5, 0.6) is 0 Å². The Bertz CT molecular complexity index is 812. The predicted molar refractivity (Wildman–Crippen MR) is 88.7 cm³/mol. The number of rotatable bonds is 6. The summed E-state index contributed by atoms with van der Waals surface area (Å²) in [5.74, 6) is 0.330. The van der Waals surface area contributed by atoms with Crippen molar-refractivity contribution in [3.8, 4) is 0 Å². The van der Waals surface area contributed by atoms with E-state index < -0.39 is 12.0 Å². The van der Waals surface area contributed by atoms with Crippen molar-refractivity contribution in [3.63, 3.8) is 0 Å². The first kappa shape index (κ1) is 15.2. The molecule has 1 amide bonds. The van der Waals surface area contributed by atoms with E-state index in [1.54, 1.807) is 6.07 Å². The van der Waals surface area contributed by atoms with E-state index in [4.69, 9.17) is 5.73 Å². The van der Waals surface area contributed by atoms with E-state index in [9.17, 15) is 9.90 Å². The highest BCUT2D eigenvalue weighted by Crippen LogP contribution is 2.25. The van der Waals surface area contributed by atoms with Crippen LogP contribution in [0.25, 0.3) is 11.0 Å². The number of aliphatic hydroxyl groups is 1. The second kappa shape index (κ2) is 6.62. The number of hydrogen-bond donors (Lipinski definition) is 3. The smallest absolute Gasteiger partial charge is 0.220 e. The summed E-state index contributed by atoms with van der Waals surface area (Å²) in [5.41, 5.74) is 8.60. The van der Waals surface area contributed by atoms with Crippen LogP contribution in [0.1, 0.15) is 29.5 Å². The second-order valence-corrected chi connectivity index (χ2v) is 5.60. The lowest BCUT2D eigenvalue weighted by molar-refractivity contribution is -0.119. The van der Waals surface area contributed by atoms with E-state index in [0.29, 0.717) is 11.1 Å². The van der Waals surface area contributed by atoms with Gasteiger partial charge in [-0.2, -0.15) is 0 Å². The fourth-order valence-corrected chi connectivity index (χ4v) is 2.70. The average Bonchev–Trinajstić information content (AvgIpc) is 2.96. The van der Waals surface area contributed by atoms with Crippen molar-refractivity contribution < 1.29 is 9.90 Å². The molecule has 1 heterocycles. The number of carbonyl (C=O) groups excluding carboxylic acids is 1. The quantitative estimate of drug-likeness (QED) is 0.652. The van der Waals surface area contributed by atoms with Gasteiger partial charge in [0.15, 0.2) is 0 Å². The van der Waals surface area contributed by atoms with Gasteiger partial charge in [-0.1, -0.05) is 42.5 Å². The summed E-state index contributed by atoms with van der Waals surface area (Å²) in [4.78, 5) is 18.9.